The first-order valence-corrected chi connectivity index (χ1v) is 27.9. The Morgan fingerprint density at radius 3 is 0.926 bits per heavy atom. The van der Waals surface area contributed by atoms with Gasteiger partial charge in [0, 0.05) is 19.3 Å². The largest absolute Gasteiger partial charge is 0.462 e. The van der Waals surface area contributed by atoms with Gasteiger partial charge in [0.2, 0.25) is 0 Å². The van der Waals surface area contributed by atoms with Crippen molar-refractivity contribution in [3.63, 3.8) is 0 Å². The zero-order valence-corrected chi connectivity index (χ0v) is 44.1. The van der Waals surface area contributed by atoms with Crippen molar-refractivity contribution in [1.82, 2.24) is 0 Å². The van der Waals surface area contributed by atoms with Crippen molar-refractivity contribution >= 4 is 17.9 Å². The van der Waals surface area contributed by atoms with E-state index >= 15 is 0 Å². The van der Waals surface area contributed by atoms with Crippen LogP contribution in [0.2, 0.25) is 0 Å². The summed E-state index contributed by atoms with van der Waals surface area (Å²) in [6.07, 6.45) is 75.1. The Labute approximate surface area is 419 Å². The number of allylic oxidation sites excluding steroid dienone is 18. The molecule has 0 heterocycles. The predicted molar refractivity (Wildman–Crippen MR) is 293 cm³/mol. The minimum atomic E-state index is -0.834. The van der Waals surface area contributed by atoms with Crippen molar-refractivity contribution < 1.29 is 28.6 Å². The van der Waals surface area contributed by atoms with E-state index in [2.05, 4.69) is 130 Å². The molecule has 0 amide bonds. The minimum Gasteiger partial charge on any atom is -0.462 e. The molecule has 0 bridgehead atoms. The van der Waals surface area contributed by atoms with Crippen LogP contribution in [-0.2, 0) is 28.6 Å². The quantitative estimate of drug-likeness (QED) is 0.0262. The average molecular weight is 943 g/mol. The van der Waals surface area contributed by atoms with Crippen molar-refractivity contribution in [2.75, 3.05) is 13.2 Å². The van der Waals surface area contributed by atoms with E-state index in [0.717, 1.165) is 83.5 Å². The van der Waals surface area contributed by atoms with Gasteiger partial charge in [-0.1, -0.05) is 214 Å². The van der Waals surface area contributed by atoms with Crippen LogP contribution < -0.4 is 0 Å². The van der Waals surface area contributed by atoms with E-state index in [1.54, 1.807) is 0 Å². The van der Waals surface area contributed by atoms with Gasteiger partial charge in [-0.3, -0.25) is 14.4 Å². The highest BCUT2D eigenvalue weighted by atomic mass is 16.6. The highest BCUT2D eigenvalue weighted by Gasteiger charge is 2.19. The maximum Gasteiger partial charge on any atom is 0.306 e. The number of esters is 3. The summed E-state index contributed by atoms with van der Waals surface area (Å²) in [5.74, 6) is -1.05. The first-order valence-electron chi connectivity index (χ1n) is 27.9. The molecular weight excluding hydrogens is 841 g/mol. The molecule has 386 valence electrons. The van der Waals surface area contributed by atoms with Crippen LogP contribution in [0.1, 0.15) is 245 Å². The number of hydrogen-bond acceptors (Lipinski definition) is 6. The van der Waals surface area contributed by atoms with Gasteiger partial charge in [-0.05, 0) is 122 Å². The summed E-state index contributed by atoms with van der Waals surface area (Å²) in [5, 5.41) is 0. The second-order valence-corrected chi connectivity index (χ2v) is 18.1. The Morgan fingerprint density at radius 1 is 0.294 bits per heavy atom. The van der Waals surface area contributed by atoms with Crippen LogP contribution in [0.4, 0.5) is 0 Å². The maximum absolute atomic E-state index is 12.8. The summed E-state index contributed by atoms with van der Waals surface area (Å²) < 4.78 is 16.7. The smallest absolute Gasteiger partial charge is 0.306 e. The van der Waals surface area contributed by atoms with E-state index in [4.69, 9.17) is 14.2 Å². The monoisotopic (exact) mass is 943 g/mol. The molecule has 0 aromatic rings. The van der Waals surface area contributed by atoms with Crippen molar-refractivity contribution in [3.05, 3.63) is 109 Å². The molecule has 0 N–H and O–H groups in total. The Kier molecular flexibility index (Phi) is 52.4. The summed E-state index contributed by atoms with van der Waals surface area (Å²) in [7, 11) is 0. The van der Waals surface area contributed by atoms with E-state index in [9.17, 15) is 14.4 Å². The van der Waals surface area contributed by atoms with E-state index in [0.29, 0.717) is 19.3 Å². The van der Waals surface area contributed by atoms with Crippen molar-refractivity contribution in [2.45, 2.75) is 252 Å². The highest BCUT2D eigenvalue weighted by molar-refractivity contribution is 5.71. The lowest BCUT2D eigenvalue weighted by molar-refractivity contribution is -0.167. The van der Waals surface area contributed by atoms with Crippen LogP contribution in [0, 0.1) is 0 Å². The standard InChI is InChI=1S/C62H102O6/c1-4-7-10-13-16-19-22-25-28-31-34-37-40-43-46-49-52-55-61(64)67-58-59(57-66-60(63)54-51-48-45-42-39-36-33-30-27-24-21-18-15-12-9-6-3)68-62(65)56-53-50-47-44-41-38-35-32-29-26-23-20-17-14-11-8-5-2/h16-17,19-20,25-26,28-30,33-35,37-38,43-44,46-47,59H,4-15,18,21-24,27,31-32,36,39-42,45,48-58H2,1-3H3/b19-16-,20-17-,28-25-,29-26-,33-30-,37-34-,38-35-,46-43-,47-44-/t59-/m1/s1. The van der Waals surface area contributed by atoms with E-state index in [1.165, 1.54) is 109 Å². The lowest BCUT2D eigenvalue weighted by atomic mass is 10.1. The molecule has 0 radical (unpaired) electrons. The number of rotatable bonds is 49. The van der Waals surface area contributed by atoms with Gasteiger partial charge in [0.15, 0.2) is 6.10 Å². The molecule has 6 heteroatoms. The van der Waals surface area contributed by atoms with Crippen LogP contribution >= 0.6 is 0 Å². The number of unbranched alkanes of at least 4 members (excludes halogenated alkanes) is 20. The third-order valence-corrected chi connectivity index (χ3v) is 11.5. The third-order valence-electron chi connectivity index (χ3n) is 11.5. The van der Waals surface area contributed by atoms with Gasteiger partial charge in [0.25, 0.3) is 0 Å². The van der Waals surface area contributed by atoms with Gasteiger partial charge in [-0.2, -0.15) is 0 Å². The van der Waals surface area contributed by atoms with Crippen LogP contribution in [0.15, 0.2) is 109 Å². The molecule has 68 heavy (non-hydrogen) atoms. The van der Waals surface area contributed by atoms with Crippen molar-refractivity contribution in [3.8, 4) is 0 Å². The Balaban J connectivity index is 4.59. The van der Waals surface area contributed by atoms with Gasteiger partial charge in [0.1, 0.15) is 13.2 Å². The zero-order chi connectivity index (χ0) is 49.3. The van der Waals surface area contributed by atoms with Gasteiger partial charge in [0.05, 0.1) is 0 Å². The van der Waals surface area contributed by atoms with Gasteiger partial charge >= 0.3 is 17.9 Å². The van der Waals surface area contributed by atoms with Gasteiger partial charge in [-0.15, -0.1) is 0 Å². The Bertz CT molecular complexity index is 1410. The van der Waals surface area contributed by atoms with E-state index in [-0.39, 0.29) is 44.0 Å². The lowest BCUT2D eigenvalue weighted by Gasteiger charge is -2.18. The number of carbonyl (C=O) groups is 3. The van der Waals surface area contributed by atoms with Gasteiger partial charge in [-0.25, -0.2) is 0 Å². The normalized spacial score (nSPS) is 12.9. The second-order valence-electron chi connectivity index (χ2n) is 18.1. The SMILES string of the molecule is CCCCC/C=C\C/C=C\C/C=C\C/C=C\CCCC(=O)OC[C@@H](COC(=O)CCCCCCC/C=C\CCCCCCCCC)OC(=O)CCC/C=C\C/C=C\C/C=C\C/C=C\CCCCC. The molecule has 0 saturated heterocycles. The third kappa shape index (κ3) is 53.0. The summed E-state index contributed by atoms with van der Waals surface area (Å²) in [4.78, 5) is 38.1. The van der Waals surface area contributed by atoms with Gasteiger partial charge < -0.3 is 14.2 Å². The molecule has 0 unspecified atom stereocenters. The summed E-state index contributed by atoms with van der Waals surface area (Å²) in [6.45, 7) is 6.48. The molecule has 0 aromatic carbocycles. The highest BCUT2D eigenvalue weighted by Crippen LogP contribution is 2.12. The number of carbonyl (C=O) groups excluding carboxylic acids is 3. The molecule has 0 aliphatic rings. The molecule has 0 aliphatic heterocycles. The van der Waals surface area contributed by atoms with Crippen LogP contribution in [0.3, 0.4) is 0 Å². The topological polar surface area (TPSA) is 78.9 Å². The van der Waals surface area contributed by atoms with Crippen LogP contribution in [0.5, 0.6) is 0 Å². The van der Waals surface area contributed by atoms with Crippen LogP contribution in [-0.4, -0.2) is 37.2 Å². The fourth-order valence-corrected chi connectivity index (χ4v) is 7.24. The average Bonchev–Trinajstić information content (AvgIpc) is 3.34. The molecule has 0 fully saturated rings. The number of hydrogen-bond donors (Lipinski definition) is 0. The summed E-state index contributed by atoms with van der Waals surface area (Å²) in [6, 6.07) is 0. The minimum absolute atomic E-state index is 0.123. The molecule has 6 nitrogen and oxygen atoms in total. The molecule has 0 spiro atoms. The first-order chi connectivity index (χ1) is 33.5. The molecule has 0 aromatic heterocycles. The maximum atomic E-state index is 12.8. The summed E-state index contributed by atoms with van der Waals surface area (Å²) in [5.41, 5.74) is 0. The Morgan fingerprint density at radius 2 is 0.544 bits per heavy atom. The molecule has 0 rings (SSSR count). The number of ether oxygens (including phenoxy) is 3. The molecule has 1 atom stereocenters. The lowest BCUT2D eigenvalue weighted by Crippen LogP contribution is -2.30. The molecule has 0 saturated carbocycles. The van der Waals surface area contributed by atoms with Crippen molar-refractivity contribution in [2.24, 2.45) is 0 Å². The Hall–Kier alpha value is -3.93. The fourth-order valence-electron chi connectivity index (χ4n) is 7.24. The molecular formula is C62H102O6. The predicted octanol–water partition coefficient (Wildman–Crippen LogP) is 18.7. The molecule has 0 aliphatic carbocycles. The first kappa shape index (κ1) is 64.1. The van der Waals surface area contributed by atoms with E-state index < -0.39 is 6.10 Å². The van der Waals surface area contributed by atoms with E-state index in [1.807, 2.05) is 0 Å². The zero-order valence-electron chi connectivity index (χ0n) is 44.1. The van der Waals surface area contributed by atoms with Crippen molar-refractivity contribution in [1.29, 1.82) is 0 Å². The second kappa shape index (κ2) is 55.7. The van der Waals surface area contributed by atoms with Crippen LogP contribution in [0.25, 0.3) is 0 Å². The summed E-state index contributed by atoms with van der Waals surface area (Å²) >= 11 is 0. The fraction of sp³-hybridized carbons (Fsp3) is 0.661.